The van der Waals surface area contributed by atoms with E-state index >= 15 is 0 Å². The van der Waals surface area contributed by atoms with E-state index in [0.717, 1.165) is 25.7 Å². The zero-order chi connectivity index (χ0) is 17.1. The van der Waals surface area contributed by atoms with Crippen molar-refractivity contribution in [3.8, 4) is 0 Å². The molecule has 0 aliphatic rings. The average Bonchev–Trinajstić information content (AvgIpc) is 2.53. The molecule has 0 aliphatic heterocycles. The first-order valence-corrected chi connectivity index (χ1v) is 11.0. The third-order valence-electron chi connectivity index (χ3n) is 3.35. The number of alkyl halides is 8. The van der Waals surface area contributed by atoms with Gasteiger partial charge in [0.15, 0.2) is 0 Å². The summed E-state index contributed by atoms with van der Waals surface area (Å²) in [5, 5.41) is -0.737. The van der Waals surface area contributed by atoms with Crippen LogP contribution in [0, 0.1) is 0 Å². The number of hydrogen-bond donors (Lipinski definition) is 0. The van der Waals surface area contributed by atoms with E-state index in [1.807, 2.05) is 0 Å². The molecular weight excluding hydrogens is 452 g/mol. The molecular formula is C14H22Cl8. The van der Waals surface area contributed by atoms with E-state index in [9.17, 15) is 0 Å². The molecule has 22 heavy (non-hydrogen) atoms. The van der Waals surface area contributed by atoms with Crippen molar-refractivity contribution in [2.45, 2.75) is 70.8 Å². The molecule has 6 atom stereocenters. The van der Waals surface area contributed by atoms with Crippen LogP contribution in [0.2, 0.25) is 0 Å². The molecule has 0 bridgehead atoms. The molecule has 6 unspecified atom stereocenters. The first kappa shape index (κ1) is 24.3. The topological polar surface area (TPSA) is 0 Å². The number of rotatable bonds is 13. The van der Waals surface area contributed by atoms with Gasteiger partial charge in [-0.25, -0.2) is 0 Å². The smallest absolute Gasteiger partial charge is 0.0500 e. The molecule has 0 aromatic carbocycles. The maximum atomic E-state index is 6.31. The standard InChI is InChI=1S/C14H22Cl8/c15-7-9(17)1-3-11(19)13(21)5-6-14(22)12(20)4-2-10(18)8-16/h9-14H,1-8H2. The van der Waals surface area contributed by atoms with E-state index in [-0.39, 0.29) is 32.3 Å². The molecule has 0 aliphatic carbocycles. The zero-order valence-electron chi connectivity index (χ0n) is 12.1. The molecule has 0 fully saturated rings. The zero-order valence-corrected chi connectivity index (χ0v) is 18.2. The van der Waals surface area contributed by atoms with Gasteiger partial charge in [-0.3, -0.25) is 0 Å². The van der Waals surface area contributed by atoms with E-state index in [2.05, 4.69) is 0 Å². The monoisotopic (exact) mass is 470 g/mol. The Labute approximate surface area is 174 Å². The summed E-state index contributed by atoms with van der Waals surface area (Å²) < 4.78 is 0. The molecule has 0 N–H and O–H groups in total. The molecule has 134 valence electrons. The van der Waals surface area contributed by atoms with Crippen molar-refractivity contribution in [2.24, 2.45) is 0 Å². The van der Waals surface area contributed by atoms with Gasteiger partial charge in [0.2, 0.25) is 0 Å². The minimum absolute atomic E-state index is 0.0646. The lowest BCUT2D eigenvalue weighted by atomic mass is 10.0. The Kier molecular flexibility index (Phi) is 16.0. The molecule has 8 heteroatoms. The van der Waals surface area contributed by atoms with E-state index < -0.39 is 0 Å². The molecule has 0 radical (unpaired) electrons. The van der Waals surface area contributed by atoms with Gasteiger partial charge in [0.25, 0.3) is 0 Å². The third kappa shape index (κ3) is 11.8. The normalized spacial score (nSPS) is 20.2. The lowest BCUT2D eigenvalue weighted by molar-refractivity contribution is 0.567. The summed E-state index contributed by atoms with van der Waals surface area (Å²) in [7, 11) is 0. The van der Waals surface area contributed by atoms with Crippen molar-refractivity contribution >= 4 is 92.8 Å². The Morgan fingerprint density at radius 3 is 0.864 bits per heavy atom. The van der Waals surface area contributed by atoms with Crippen molar-refractivity contribution in [2.75, 3.05) is 11.8 Å². The highest BCUT2D eigenvalue weighted by Gasteiger charge is 2.22. The SMILES string of the molecule is ClCC(Cl)CCC(Cl)C(Cl)CCC(Cl)C(Cl)CCC(Cl)CCl. The molecule has 0 aromatic heterocycles. The largest absolute Gasteiger partial charge is 0.125 e. The Morgan fingerprint density at radius 1 is 0.409 bits per heavy atom. The summed E-state index contributed by atoms with van der Waals surface area (Å²) in [5.74, 6) is 0.833. The van der Waals surface area contributed by atoms with Crippen molar-refractivity contribution in [1.29, 1.82) is 0 Å². The maximum Gasteiger partial charge on any atom is 0.0500 e. The second kappa shape index (κ2) is 14.5. The molecule has 0 rings (SSSR count). The van der Waals surface area contributed by atoms with Crippen molar-refractivity contribution < 1.29 is 0 Å². The Balaban J connectivity index is 3.93. The molecule has 0 saturated carbocycles. The average molecular weight is 474 g/mol. The fourth-order valence-electron chi connectivity index (χ4n) is 1.88. The molecule has 0 nitrogen and oxygen atoms in total. The molecule has 0 spiro atoms. The van der Waals surface area contributed by atoms with Crippen LogP contribution >= 0.6 is 92.8 Å². The van der Waals surface area contributed by atoms with E-state index in [0.29, 0.717) is 24.6 Å². The van der Waals surface area contributed by atoms with Gasteiger partial charge in [0.1, 0.15) is 0 Å². The van der Waals surface area contributed by atoms with Crippen molar-refractivity contribution in [1.82, 2.24) is 0 Å². The van der Waals surface area contributed by atoms with E-state index in [1.54, 1.807) is 0 Å². The second-order valence-corrected chi connectivity index (χ2v) is 9.39. The summed E-state index contributed by atoms with van der Waals surface area (Å²) in [5.41, 5.74) is 0. The summed E-state index contributed by atoms with van der Waals surface area (Å²) in [4.78, 5) is 0. The summed E-state index contributed by atoms with van der Waals surface area (Å²) >= 11 is 48.4. The summed E-state index contributed by atoms with van der Waals surface area (Å²) in [6.45, 7) is 0. The number of halogens is 8. The minimum Gasteiger partial charge on any atom is -0.125 e. The van der Waals surface area contributed by atoms with Gasteiger partial charge in [-0.05, 0) is 38.5 Å². The summed E-state index contributed by atoms with van der Waals surface area (Å²) in [6, 6.07) is 0. The van der Waals surface area contributed by atoms with Gasteiger partial charge < -0.3 is 0 Å². The third-order valence-corrected chi connectivity index (χ3v) is 7.50. The second-order valence-electron chi connectivity index (χ2n) is 5.30. The fraction of sp³-hybridized carbons (Fsp3) is 1.00. The Hall–Kier alpha value is 2.32. The molecule has 0 saturated heterocycles. The highest BCUT2D eigenvalue weighted by atomic mass is 35.5. The first-order chi connectivity index (χ1) is 10.3. The van der Waals surface area contributed by atoms with Crippen LogP contribution in [0.5, 0.6) is 0 Å². The molecule has 0 amide bonds. The predicted octanol–water partition coefficient (Wildman–Crippen LogP) is 7.45. The molecule has 0 aromatic rings. The highest BCUT2D eigenvalue weighted by molar-refractivity contribution is 6.31. The highest BCUT2D eigenvalue weighted by Crippen LogP contribution is 2.27. The van der Waals surface area contributed by atoms with Gasteiger partial charge >= 0.3 is 0 Å². The molecule has 0 heterocycles. The van der Waals surface area contributed by atoms with Crippen LogP contribution in [0.4, 0.5) is 0 Å². The van der Waals surface area contributed by atoms with Crippen LogP contribution in [-0.4, -0.2) is 44.0 Å². The van der Waals surface area contributed by atoms with Crippen LogP contribution in [0.25, 0.3) is 0 Å². The van der Waals surface area contributed by atoms with Crippen LogP contribution < -0.4 is 0 Å². The number of hydrogen-bond acceptors (Lipinski definition) is 0. The van der Waals surface area contributed by atoms with Crippen LogP contribution in [0.15, 0.2) is 0 Å². The van der Waals surface area contributed by atoms with E-state index in [1.165, 1.54) is 0 Å². The van der Waals surface area contributed by atoms with Gasteiger partial charge in [0, 0.05) is 44.0 Å². The van der Waals surface area contributed by atoms with Crippen molar-refractivity contribution in [3.63, 3.8) is 0 Å². The minimum atomic E-state index is -0.158. The van der Waals surface area contributed by atoms with Crippen molar-refractivity contribution in [3.05, 3.63) is 0 Å². The van der Waals surface area contributed by atoms with Crippen LogP contribution in [0.3, 0.4) is 0 Å². The fourth-order valence-corrected chi connectivity index (χ4v) is 3.44. The summed E-state index contributed by atoms with van der Waals surface area (Å²) in [6.07, 6.45) is 4.39. The van der Waals surface area contributed by atoms with Crippen LogP contribution in [-0.2, 0) is 0 Å². The first-order valence-electron chi connectivity index (χ1n) is 7.28. The van der Waals surface area contributed by atoms with Gasteiger partial charge in [-0.15, -0.1) is 92.8 Å². The van der Waals surface area contributed by atoms with Gasteiger partial charge in [-0.2, -0.15) is 0 Å². The Morgan fingerprint density at radius 2 is 0.636 bits per heavy atom. The maximum absolute atomic E-state index is 6.31. The predicted molar refractivity (Wildman–Crippen MR) is 107 cm³/mol. The quantitative estimate of drug-likeness (QED) is 0.244. The Bertz CT molecular complexity index is 239. The lowest BCUT2D eigenvalue weighted by Crippen LogP contribution is -2.22. The lowest BCUT2D eigenvalue weighted by Gasteiger charge is -2.21. The van der Waals surface area contributed by atoms with Gasteiger partial charge in [0.05, 0.1) is 0 Å². The van der Waals surface area contributed by atoms with Crippen LogP contribution in [0.1, 0.15) is 38.5 Å². The van der Waals surface area contributed by atoms with E-state index in [4.69, 9.17) is 92.8 Å². The van der Waals surface area contributed by atoms with Gasteiger partial charge in [-0.1, -0.05) is 0 Å².